The number of methoxy groups -OCH3 is 1. The van der Waals surface area contributed by atoms with E-state index in [9.17, 15) is 9.59 Å². The van der Waals surface area contributed by atoms with E-state index in [1.165, 1.54) is 11.8 Å². The average molecular weight is 528 g/mol. The number of rotatable bonds is 9. The Kier molecular flexibility index (Phi) is 8.23. The molecule has 0 saturated carbocycles. The number of nitrogens with one attached hydrogen (secondary N) is 2. The fourth-order valence-corrected chi connectivity index (χ4v) is 4.75. The summed E-state index contributed by atoms with van der Waals surface area (Å²) >= 11 is 13.4. The van der Waals surface area contributed by atoms with Gasteiger partial charge >= 0.3 is 0 Å². The molecule has 4 aromatic rings. The predicted molar refractivity (Wildman–Crippen MR) is 143 cm³/mol. The molecule has 3 aromatic carbocycles. The van der Waals surface area contributed by atoms with E-state index in [1.54, 1.807) is 49.6 Å². The predicted octanol–water partition coefficient (Wildman–Crippen LogP) is 6.12. The summed E-state index contributed by atoms with van der Waals surface area (Å²) in [5.74, 6) is 0.660. The van der Waals surface area contributed by atoms with Crippen molar-refractivity contribution >= 4 is 63.4 Å². The van der Waals surface area contributed by atoms with Crippen molar-refractivity contribution in [1.29, 1.82) is 0 Å². The Balaban J connectivity index is 1.37. The number of amides is 2. The molecule has 0 fully saturated rings. The zero-order valence-corrected chi connectivity index (χ0v) is 21.2. The van der Waals surface area contributed by atoms with Gasteiger partial charge in [0.25, 0.3) is 5.91 Å². The fraction of sp³-hybridized carbons (Fsp3) is 0.154. The minimum absolute atomic E-state index is 0.141. The number of halogens is 2. The number of carbonyl (C=O) groups is 2. The Morgan fingerprint density at radius 2 is 1.77 bits per heavy atom. The van der Waals surface area contributed by atoms with E-state index >= 15 is 0 Å². The van der Waals surface area contributed by atoms with Gasteiger partial charge in [-0.3, -0.25) is 9.59 Å². The van der Waals surface area contributed by atoms with Crippen molar-refractivity contribution in [3.63, 3.8) is 0 Å². The minimum Gasteiger partial charge on any atom is -0.497 e. The maximum absolute atomic E-state index is 12.5. The van der Waals surface area contributed by atoms with E-state index in [0.717, 1.165) is 15.8 Å². The third-order valence-corrected chi connectivity index (χ3v) is 7.09. The van der Waals surface area contributed by atoms with Crippen LogP contribution in [0.25, 0.3) is 10.9 Å². The van der Waals surface area contributed by atoms with Crippen LogP contribution >= 0.6 is 35.0 Å². The SMILES string of the molecule is COc1ccc(C(=O)NCCn2cc(SCC(=O)Nc3ccc(Cl)c(Cl)c3)c3ccccc32)cc1. The highest BCUT2D eigenvalue weighted by molar-refractivity contribution is 8.00. The molecule has 9 heteroatoms. The molecule has 0 radical (unpaired) electrons. The van der Waals surface area contributed by atoms with Gasteiger partial charge in [0.1, 0.15) is 5.75 Å². The number of fused-ring (bicyclic) bond motifs is 1. The van der Waals surface area contributed by atoms with Crippen LogP contribution in [0.3, 0.4) is 0 Å². The summed E-state index contributed by atoms with van der Waals surface area (Å²) in [6, 6.07) is 20.0. The first-order valence-corrected chi connectivity index (χ1v) is 12.6. The van der Waals surface area contributed by atoms with Crippen LogP contribution in [0.2, 0.25) is 10.0 Å². The van der Waals surface area contributed by atoms with Gasteiger partial charge in [-0.2, -0.15) is 0 Å². The number of thioether (sulfide) groups is 1. The molecule has 0 spiro atoms. The molecule has 180 valence electrons. The Morgan fingerprint density at radius 3 is 2.51 bits per heavy atom. The molecule has 6 nitrogen and oxygen atoms in total. The molecule has 0 aliphatic heterocycles. The second-order valence-electron chi connectivity index (χ2n) is 7.65. The normalized spacial score (nSPS) is 10.8. The van der Waals surface area contributed by atoms with Crippen molar-refractivity contribution in [2.24, 2.45) is 0 Å². The van der Waals surface area contributed by atoms with Gasteiger partial charge in [-0.1, -0.05) is 41.4 Å². The number of anilines is 1. The van der Waals surface area contributed by atoms with Crippen molar-refractivity contribution in [2.45, 2.75) is 11.4 Å². The van der Waals surface area contributed by atoms with Crippen LogP contribution in [0.4, 0.5) is 5.69 Å². The summed E-state index contributed by atoms with van der Waals surface area (Å²) in [7, 11) is 1.59. The van der Waals surface area contributed by atoms with Crippen molar-refractivity contribution in [3.8, 4) is 5.75 Å². The van der Waals surface area contributed by atoms with Crippen LogP contribution in [-0.2, 0) is 11.3 Å². The lowest BCUT2D eigenvalue weighted by molar-refractivity contribution is -0.113. The number of carbonyl (C=O) groups excluding carboxylic acids is 2. The number of benzene rings is 3. The van der Waals surface area contributed by atoms with Gasteiger partial charge in [0, 0.05) is 46.3 Å². The number of hydrogen-bond acceptors (Lipinski definition) is 4. The summed E-state index contributed by atoms with van der Waals surface area (Å²) in [6.07, 6.45) is 2.02. The molecule has 1 heterocycles. The van der Waals surface area contributed by atoms with Crippen molar-refractivity contribution in [2.75, 3.05) is 24.7 Å². The van der Waals surface area contributed by atoms with Crippen molar-refractivity contribution < 1.29 is 14.3 Å². The highest BCUT2D eigenvalue weighted by Gasteiger charge is 2.12. The lowest BCUT2D eigenvalue weighted by atomic mass is 10.2. The van der Waals surface area contributed by atoms with Crippen LogP contribution < -0.4 is 15.4 Å². The minimum atomic E-state index is -0.142. The van der Waals surface area contributed by atoms with Gasteiger partial charge in [-0.15, -0.1) is 11.8 Å². The van der Waals surface area contributed by atoms with Gasteiger partial charge in [-0.05, 0) is 48.5 Å². The first kappa shape index (κ1) is 25.0. The first-order chi connectivity index (χ1) is 16.9. The maximum Gasteiger partial charge on any atom is 0.251 e. The smallest absolute Gasteiger partial charge is 0.251 e. The van der Waals surface area contributed by atoms with Crippen LogP contribution in [0.1, 0.15) is 10.4 Å². The summed E-state index contributed by atoms with van der Waals surface area (Å²) in [5.41, 5.74) is 2.21. The third kappa shape index (κ3) is 6.31. The molecular weight excluding hydrogens is 505 g/mol. The second kappa shape index (κ2) is 11.5. The largest absolute Gasteiger partial charge is 0.497 e. The summed E-state index contributed by atoms with van der Waals surface area (Å²) < 4.78 is 7.22. The molecule has 4 rings (SSSR count). The molecule has 0 atom stereocenters. The molecule has 35 heavy (non-hydrogen) atoms. The summed E-state index contributed by atoms with van der Waals surface area (Å²) in [4.78, 5) is 25.9. The molecule has 0 aliphatic carbocycles. The molecule has 2 amide bonds. The molecular formula is C26H23Cl2N3O3S. The molecule has 1 aromatic heterocycles. The zero-order chi connectivity index (χ0) is 24.8. The second-order valence-corrected chi connectivity index (χ2v) is 9.49. The topological polar surface area (TPSA) is 72.4 Å². The highest BCUT2D eigenvalue weighted by Crippen LogP contribution is 2.30. The van der Waals surface area contributed by atoms with Crippen LogP contribution in [-0.4, -0.2) is 35.8 Å². The van der Waals surface area contributed by atoms with Gasteiger partial charge < -0.3 is 19.9 Å². The van der Waals surface area contributed by atoms with Crippen LogP contribution in [0, 0.1) is 0 Å². The van der Waals surface area contributed by atoms with E-state index < -0.39 is 0 Å². The monoisotopic (exact) mass is 527 g/mol. The maximum atomic E-state index is 12.5. The van der Waals surface area contributed by atoms with Crippen LogP contribution in [0.15, 0.2) is 77.8 Å². The lowest BCUT2D eigenvalue weighted by Gasteiger charge is -2.08. The number of nitrogens with zero attached hydrogens (tertiary/aromatic N) is 1. The number of aromatic nitrogens is 1. The van der Waals surface area contributed by atoms with Crippen molar-refractivity contribution in [1.82, 2.24) is 9.88 Å². The average Bonchev–Trinajstić information content (AvgIpc) is 3.22. The Morgan fingerprint density at radius 1 is 1.00 bits per heavy atom. The third-order valence-electron chi connectivity index (χ3n) is 5.30. The summed E-state index contributed by atoms with van der Waals surface area (Å²) in [6.45, 7) is 1.06. The van der Waals surface area contributed by atoms with E-state index in [0.29, 0.717) is 40.1 Å². The quantitative estimate of drug-likeness (QED) is 0.257. The van der Waals surface area contributed by atoms with Gasteiger partial charge in [0.2, 0.25) is 5.91 Å². The molecule has 0 aliphatic rings. The number of ether oxygens (including phenoxy) is 1. The highest BCUT2D eigenvalue weighted by atomic mass is 35.5. The zero-order valence-electron chi connectivity index (χ0n) is 18.9. The molecule has 2 N–H and O–H groups in total. The van der Waals surface area contributed by atoms with Crippen molar-refractivity contribution in [3.05, 3.63) is 88.5 Å². The van der Waals surface area contributed by atoms with E-state index in [4.69, 9.17) is 27.9 Å². The summed E-state index contributed by atoms with van der Waals surface area (Å²) in [5, 5.41) is 7.67. The number of hydrogen-bond donors (Lipinski definition) is 2. The molecule has 0 saturated heterocycles. The van der Waals surface area contributed by atoms with E-state index in [-0.39, 0.29) is 17.6 Å². The van der Waals surface area contributed by atoms with Gasteiger partial charge in [0.05, 0.1) is 22.9 Å². The van der Waals surface area contributed by atoms with Crippen LogP contribution in [0.5, 0.6) is 5.75 Å². The van der Waals surface area contributed by atoms with Gasteiger partial charge in [-0.25, -0.2) is 0 Å². The van der Waals surface area contributed by atoms with Gasteiger partial charge in [0.15, 0.2) is 0 Å². The Labute approximate surface area is 217 Å². The standard InChI is InChI=1S/C26H23Cl2N3O3S/c1-34-19-9-6-17(7-10-19)26(33)29-12-13-31-15-24(20-4-2-3-5-23(20)31)35-16-25(32)30-18-8-11-21(27)22(28)14-18/h2-11,14-15H,12-13,16H2,1H3,(H,29,33)(H,30,32). The molecule has 0 unspecified atom stereocenters. The fourth-order valence-electron chi connectivity index (χ4n) is 3.56. The first-order valence-electron chi connectivity index (χ1n) is 10.8. The number of para-hydroxylation sites is 1. The molecule has 0 bridgehead atoms. The Bertz CT molecular complexity index is 1360. The van der Waals surface area contributed by atoms with E-state index in [1.807, 2.05) is 30.5 Å². The van der Waals surface area contributed by atoms with E-state index in [2.05, 4.69) is 15.2 Å². The Hall–Kier alpha value is -3.13. The lowest BCUT2D eigenvalue weighted by Crippen LogP contribution is -2.27.